The molecule has 1 N–H and O–H groups in total. The van der Waals surface area contributed by atoms with E-state index in [1.807, 2.05) is 0 Å². The van der Waals surface area contributed by atoms with Crippen molar-refractivity contribution in [2.45, 2.75) is 125 Å². The second-order valence-electron chi connectivity index (χ2n) is 15.3. The van der Waals surface area contributed by atoms with E-state index in [-0.39, 0.29) is 27.1 Å². The molecule has 0 aromatic rings. The molecule has 6 aliphatic carbocycles. The van der Waals surface area contributed by atoms with E-state index in [1.54, 1.807) is 0 Å². The third-order valence-electron chi connectivity index (χ3n) is 15.1. The van der Waals surface area contributed by atoms with Gasteiger partial charge in [-0.2, -0.15) is 0 Å². The molecule has 8 unspecified atom stereocenters. The molecule has 0 amide bonds. The molecule has 0 radical (unpaired) electrons. The Balaban J connectivity index is 1.56. The number of hydrogen-bond acceptors (Lipinski definition) is 1. The lowest BCUT2D eigenvalue weighted by Crippen LogP contribution is -2.76. The van der Waals surface area contributed by atoms with Gasteiger partial charge in [-0.05, 0) is 114 Å². The monoisotopic (exact) mass is 454 g/mol. The zero-order chi connectivity index (χ0) is 23.7. The molecular weight excluding hydrogens is 404 g/mol. The van der Waals surface area contributed by atoms with Crippen LogP contribution < -0.4 is 0 Å². The van der Waals surface area contributed by atoms with Crippen molar-refractivity contribution >= 4 is 5.97 Å². The summed E-state index contributed by atoms with van der Waals surface area (Å²) in [5.74, 6) is 3.74. The van der Waals surface area contributed by atoms with E-state index in [2.05, 4.69) is 41.5 Å². The highest BCUT2D eigenvalue weighted by Crippen LogP contribution is 2.88. The lowest BCUT2D eigenvalue weighted by Gasteiger charge is -2.78. The molecule has 0 saturated heterocycles. The largest absolute Gasteiger partial charge is 0.481 e. The Kier molecular flexibility index (Phi) is 4.59. The van der Waals surface area contributed by atoms with E-state index in [4.69, 9.17) is 0 Å². The average molecular weight is 455 g/mol. The van der Waals surface area contributed by atoms with Gasteiger partial charge >= 0.3 is 5.97 Å². The van der Waals surface area contributed by atoms with Crippen molar-refractivity contribution < 1.29 is 9.90 Å². The first kappa shape index (κ1) is 22.9. The maximum Gasteiger partial charge on any atom is 0.310 e. The van der Waals surface area contributed by atoms with E-state index >= 15 is 0 Å². The summed E-state index contributed by atoms with van der Waals surface area (Å²) in [7, 11) is 0. The molecule has 2 nitrogen and oxygen atoms in total. The van der Waals surface area contributed by atoms with E-state index in [0.29, 0.717) is 5.92 Å². The van der Waals surface area contributed by atoms with E-state index in [1.165, 1.54) is 70.6 Å². The lowest BCUT2D eigenvalue weighted by molar-refractivity contribution is -0.316. The molecule has 186 valence electrons. The number of carbonyl (C=O) groups is 1. The van der Waals surface area contributed by atoms with E-state index < -0.39 is 11.4 Å². The molecule has 0 bridgehead atoms. The van der Waals surface area contributed by atoms with Crippen LogP contribution in [0.4, 0.5) is 0 Å². The summed E-state index contributed by atoms with van der Waals surface area (Å²) in [6.07, 6.45) is 17.1. The van der Waals surface area contributed by atoms with Crippen LogP contribution in [0.15, 0.2) is 0 Å². The summed E-state index contributed by atoms with van der Waals surface area (Å²) in [6, 6.07) is 0. The molecule has 6 aliphatic rings. The summed E-state index contributed by atoms with van der Waals surface area (Å²) in [4.78, 5) is 13.6. The Morgan fingerprint density at radius 3 is 2.06 bits per heavy atom. The van der Waals surface area contributed by atoms with Gasteiger partial charge in [0.1, 0.15) is 0 Å². The molecule has 6 fully saturated rings. The van der Waals surface area contributed by atoms with E-state index in [9.17, 15) is 9.90 Å². The smallest absolute Gasteiger partial charge is 0.310 e. The summed E-state index contributed by atoms with van der Waals surface area (Å²) < 4.78 is 0. The Morgan fingerprint density at radius 1 is 0.697 bits per heavy atom. The van der Waals surface area contributed by atoms with Gasteiger partial charge in [-0.3, -0.25) is 4.79 Å². The Morgan fingerprint density at radius 2 is 1.39 bits per heavy atom. The molecule has 0 aromatic carbocycles. The number of carboxylic acids is 1. The van der Waals surface area contributed by atoms with Gasteiger partial charge in [0.15, 0.2) is 0 Å². The van der Waals surface area contributed by atoms with Crippen molar-refractivity contribution in [3.8, 4) is 0 Å². The molecule has 0 spiro atoms. The molecule has 0 heterocycles. The lowest BCUT2D eigenvalue weighted by atomic mass is 9.24. The highest BCUT2D eigenvalue weighted by atomic mass is 16.4. The van der Waals surface area contributed by atoms with Crippen molar-refractivity contribution in [3.05, 3.63) is 0 Å². The quantitative estimate of drug-likeness (QED) is 0.455. The maximum atomic E-state index is 13.6. The zero-order valence-corrected chi connectivity index (χ0v) is 22.4. The minimum atomic E-state index is -0.576. The van der Waals surface area contributed by atoms with Crippen molar-refractivity contribution in [1.29, 1.82) is 0 Å². The number of rotatable bonds is 2. The van der Waals surface area contributed by atoms with Crippen LogP contribution in [0.1, 0.15) is 125 Å². The third kappa shape index (κ3) is 2.24. The van der Waals surface area contributed by atoms with Gasteiger partial charge < -0.3 is 5.11 Å². The molecular formula is C31H50O2. The highest BCUT2D eigenvalue weighted by Gasteiger charge is 2.85. The van der Waals surface area contributed by atoms with Crippen LogP contribution in [0.3, 0.4) is 0 Å². The average Bonchev–Trinajstić information content (AvgIpc) is 3.38. The number of aliphatic carboxylic acids is 1. The standard InChI is InChI=1S/C31H50O2/c1-26(2)27(3,4)31(25(32)33)17-9-16-30(31,28(5)18-19-28)24-15-13-22-21-11-8-7-10-20(21)12-14-23(22)29(24,26)6/h20-24H,7-19H2,1-6H3,(H,32,33). The van der Waals surface area contributed by atoms with Crippen LogP contribution in [-0.4, -0.2) is 11.1 Å². The van der Waals surface area contributed by atoms with Crippen molar-refractivity contribution in [2.24, 2.45) is 62.1 Å². The molecule has 0 aliphatic heterocycles. The van der Waals surface area contributed by atoms with Crippen molar-refractivity contribution in [1.82, 2.24) is 0 Å². The predicted molar refractivity (Wildman–Crippen MR) is 134 cm³/mol. The first-order valence-corrected chi connectivity index (χ1v) is 14.7. The van der Waals surface area contributed by atoms with Gasteiger partial charge in [-0.1, -0.05) is 67.2 Å². The summed E-state index contributed by atoms with van der Waals surface area (Å²) in [6.45, 7) is 15.1. The second kappa shape index (κ2) is 6.61. The molecule has 33 heavy (non-hydrogen) atoms. The first-order chi connectivity index (χ1) is 15.4. The number of fused-ring (bicyclic) bond motifs is 7. The fourth-order valence-electron chi connectivity index (χ4n) is 12.9. The van der Waals surface area contributed by atoms with Crippen molar-refractivity contribution in [2.75, 3.05) is 0 Å². The highest BCUT2D eigenvalue weighted by molar-refractivity contribution is 5.79. The Bertz CT molecular complexity index is 851. The molecule has 8 atom stereocenters. The first-order valence-electron chi connectivity index (χ1n) is 14.7. The molecule has 6 saturated carbocycles. The molecule has 2 heteroatoms. The number of carboxylic acid groups (broad SMARTS) is 1. The van der Waals surface area contributed by atoms with Crippen LogP contribution in [0, 0.1) is 62.1 Å². The fraction of sp³-hybridized carbons (Fsp3) is 0.968. The topological polar surface area (TPSA) is 37.3 Å². The molecule has 6 rings (SSSR count). The minimum absolute atomic E-state index is 0.00693. The minimum Gasteiger partial charge on any atom is -0.481 e. The zero-order valence-electron chi connectivity index (χ0n) is 22.4. The predicted octanol–water partition coefficient (Wildman–Crippen LogP) is 8.34. The Hall–Kier alpha value is -0.530. The van der Waals surface area contributed by atoms with Crippen LogP contribution in [0.2, 0.25) is 0 Å². The van der Waals surface area contributed by atoms with Crippen molar-refractivity contribution in [3.63, 3.8) is 0 Å². The number of hydrogen-bond donors (Lipinski definition) is 1. The normalized spacial score (nSPS) is 53.2. The fourth-order valence-corrected chi connectivity index (χ4v) is 12.9. The van der Waals surface area contributed by atoms with E-state index in [0.717, 1.165) is 36.5 Å². The van der Waals surface area contributed by atoms with Crippen LogP contribution in [-0.2, 0) is 4.79 Å². The Labute approximate surface area is 203 Å². The summed E-state index contributed by atoms with van der Waals surface area (Å²) in [5.41, 5.74) is -0.341. The SMILES string of the molecule is CC1(C23CCCC2(C(=O)O)C(C)(C)C(C)(C)C2(C)C4CCC5CCCCC5C4CCC23)CC1. The van der Waals surface area contributed by atoms with Crippen LogP contribution >= 0.6 is 0 Å². The third-order valence-corrected chi connectivity index (χ3v) is 15.1. The van der Waals surface area contributed by atoms with Gasteiger partial charge in [0, 0.05) is 0 Å². The second-order valence-corrected chi connectivity index (χ2v) is 15.3. The maximum absolute atomic E-state index is 13.6. The molecule has 0 aromatic heterocycles. The van der Waals surface area contributed by atoms with Gasteiger partial charge in [0.25, 0.3) is 0 Å². The van der Waals surface area contributed by atoms with Gasteiger partial charge in [-0.15, -0.1) is 0 Å². The van der Waals surface area contributed by atoms with Gasteiger partial charge in [0.05, 0.1) is 5.41 Å². The summed E-state index contributed by atoms with van der Waals surface area (Å²) in [5, 5.41) is 11.2. The van der Waals surface area contributed by atoms with Gasteiger partial charge in [-0.25, -0.2) is 0 Å². The van der Waals surface area contributed by atoms with Crippen LogP contribution in [0.25, 0.3) is 0 Å². The summed E-state index contributed by atoms with van der Waals surface area (Å²) >= 11 is 0. The van der Waals surface area contributed by atoms with Gasteiger partial charge in [0.2, 0.25) is 0 Å². The van der Waals surface area contributed by atoms with Crippen LogP contribution in [0.5, 0.6) is 0 Å².